The molecule has 0 saturated heterocycles. The molecule has 1 N–H and O–H groups in total. The second kappa shape index (κ2) is 10.8. The van der Waals surface area contributed by atoms with E-state index in [1.165, 1.54) is 16.7 Å². The van der Waals surface area contributed by atoms with Crippen LogP contribution in [0.4, 0.5) is 5.69 Å². The Morgan fingerprint density at radius 1 is 1.04 bits per heavy atom. The fourth-order valence-corrected chi connectivity index (χ4v) is 3.54. The Labute approximate surface area is 173 Å². The van der Waals surface area contributed by atoms with Crippen molar-refractivity contribution in [3.05, 3.63) is 54.1 Å². The first-order valence-corrected chi connectivity index (χ1v) is 10.6. The van der Waals surface area contributed by atoms with Crippen LogP contribution in [0.5, 0.6) is 0 Å². The summed E-state index contributed by atoms with van der Waals surface area (Å²) in [7, 11) is 3.35. The standard InChI is InChI=1S/C20H22N2O4S2/c1-22(2)19(24)13-28-17-7-5-4-6-16(17)20(25)26-12-18(23)21-14-8-10-15(27-3)11-9-14/h4-11H,12-13H2,1-3H3,(H,21,23). The van der Waals surface area contributed by atoms with Crippen molar-refractivity contribution in [2.75, 3.05) is 38.0 Å². The molecule has 0 saturated carbocycles. The van der Waals surface area contributed by atoms with E-state index < -0.39 is 18.5 Å². The monoisotopic (exact) mass is 418 g/mol. The molecule has 0 aliphatic carbocycles. The molecular weight excluding hydrogens is 396 g/mol. The molecule has 0 aliphatic heterocycles. The number of ether oxygens (including phenoxy) is 1. The number of thioether (sulfide) groups is 2. The maximum atomic E-state index is 12.4. The average molecular weight is 419 g/mol. The molecule has 0 unspecified atom stereocenters. The highest BCUT2D eigenvalue weighted by molar-refractivity contribution is 8.00. The van der Waals surface area contributed by atoms with Gasteiger partial charge in [-0.3, -0.25) is 9.59 Å². The largest absolute Gasteiger partial charge is 0.452 e. The number of hydrogen-bond acceptors (Lipinski definition) is 6. The van der Waals surface area contributed by atoms with Crippen molar-refractivity contribution in [2.24, 2.45) is 0 Å². The Balaban J connectivity index is 1.91. The lowest BCUT2D eigenvalue weighted by Gasteiger charge is -2.12. The van der Waals surface area contributed by atoms with Gasteiger partial charge in [0, 0.05) is 29.6 Å². The highest BCUT2D eigenvalue weighted by Crippen LogP contribution is 2.23. The minimum absolute atomic E-state index is 0.0555. The van der Waals surface area contributed by atoms with Crippen LogP contribution in [0.3, 0.4) is 0 Å². The van der Waals surface area contributed by atoms with Gasteiger partial charge in [0.2, 0.25) is 5.91 Å². The lowest BCUT2D eigenvalue weighted by molar-refractivity contribution is -0.125. The van der Waals surface area contributed by atoms with E-state index >= 15 is 0 Å². The average Bonchev–Trinajstić information content (AvgIpc) is 2.70. The Morgan fingerprint density at radius 2 is 1.71 bits per heavy atom. The third kappa shape index (κ3) is 6.61. The van der Waals surface area contributed by atoms with Gasteiger partial charge in [0.1, 0.15) is 0 Å². The van der Waals surface area contributed by atoms with Crippen LogP contribution in [-0.2, 0) is 14.3 Å². The van der Waals surface area contributed by atoms with Crippen molar-refractivity contribution < 1.29 is 19.1 Å². The zero-order valence-electron chi connectivity index (χ0n) is 15.9. The summed E-state index contributed by atoms with van der Waals surface area (Å²) in [4.78, 5) is 39.4. The third-order valence-electron chi connectivity index (χ3n) is 3.67. The van der Waals surface area contributed by atoms with Crippen LogP contribution in [0.15, 0.2) is 58.3 Å². The fraction of sp³-hybridized carbons (Fsp3) is 0.250. The molecular formula is C20H22N2O4S2. The van der Waals surface area contributed by atoms with Gasteiger partial charge in [0.05, 0.1) is 11.3 Å². The highest BCUT2D eigenvalue weighted by atomic mass is 32.2. The number of nitrogens with one attached hydrogen (secondary N) is 1. The lowest BCUT2D eigenvalue weighted by Crippen LogP contribution is -2.23. The summed E-state index contributed by atoms with van der Waals surface area (Å²) < 4.78 is 5.14. The number of carbonyl (C=O) groups is 3. The molecule has 2 aromatic carbocycles. The molecule has 8 heteroatoms. The van der Waals surface area contributed by atoms with Crippen LogP contribution >= 0.6 is 23.5 Å². The van der Waals surface area contributed by atoms with Gasteiger partial charge in [-0.1, -0.05) is 12.1 Å². The first kappa shape index (κ1) is 21.8. The molecule has 0 heterocycles. The highest BCUT2D eigenvalue weighted by Gasteiger charge is 2.16. The van der Waals surface area contributed by atoms with Crippen molar-refractivity contribution in [1.82, 2.24) is 4.90 Å². The minimum atomic E-state index is -0.603. The second-order valence-electron chi connectivity index (χ2n) is 5.93. The molecule has 0 atom stereocenters. The summed E-state index contributed by atoms with van der Waals surface area (Å²) in [5.74, 6) is -0.865. The van der Waals surface area contributed by atoms with E-state index in [2.05, 4.69) is 5.32 Å². The summed E-state index contributed by atoms with van der Waals surface area (Å²) in [6.07, 6.45) is 1.97. The molecule has 0 aliphatic rings. The number of amides is 2. The number of nitrogens with zero attached hydrogens (tertiary/aromatic N) is 1. The van der Waals surface area contributed by atoms with Gasteiger partial charge < -0.3 is 15.0 Å². The van der Waals surface area contributed by atoms with Crippen molar-refractivity contribution in [1.29, 1.82) is 0 Å². The molecule has 0 fully saturated rings. The Hall–Kier alpha value is -2.45. The number of esters is 1. The molecule has 6 nitrogen and oxygen atoms in total. The number of benzene rings is 2. The van der Waals surface area contributed by atoms with Crippen molar-refractivity contribution >= 4 is 47.0 Å². The number of carbonyl (C=O) groups excluding carboxylic acids is 3. The van der Waals surface area contributed by atoms with E-state index in [9.17, 15) is 14.4 Å². The van der Waals surface area contributed by atoms with Gasteiger partial charge in [-0.05, 0) is 42.7 Å². The number of hydrogen-bond donors (Lipinski definition) is 1. The van der Waals surface area contributed by atoms with E-state index in [-0.39, 0.29) is 11.7 Å². The Bertz CT molecular complexity index is 838. The maximum Gasteiger partial charge on any atom is 0.339 e. The second-order valence-corrected chi connectivity index (χ2v) is 7.82. The van der Waals surface area contributed by atoms with E-state index in [4.69, 9.17) is 4.74 Å². The summed E-state index contributed by atoms with van der Waals surface area (Å²) >= 11 is 2.87. The van der Waals surface area contributed by atoms with Gasteiger partial charge in [-0.15, -0.1) is 23.5 Å². The van der Waals surface area contributed by atoms with E-state index in [0.717, 1.165) is 4.90 Å². The van der Waals surface area contributed by atoms with Crippen LogP contribution < -0.4 is 5.32 Å². The van der Waals surface area contributed by atoms with Gasteiger partial charge >= 0.3 is 5.97 Å². The normalized spacial score (nSPS) is 10.2. The smallest absolute Gasteiger partial charge is 0.339 e. The van der Waals surface area contributed by atoms with Crippen LogP contribution in [0.2, 0.25) is 0 Å². The maximum absolute atomic E-state index is 12.4. The van der Waals surface area contributed by atoms with Crippen LogP contribution in [0.1, 0.15) is 10.4 Å². The Kier molecular flexibility index (Phi) is 8.41. The molecule has 2 rings (SSSR count). The van der Waals surface area contributed by atoms with Crippen LogP contribution in [-0.4, -0.2) is 55.4 Å². The van der Waals surface area contributed by atoms with E-state index in [1.54, 1.807) is 62.3 Å². The van der Waals surface area contributed by atoms with Gasteiger partial charge in [-0.2, -0.15) is 0 Å². The molecule has 0 bridgehead atoms. The van der Waals surface area contributed by atoms with Gasteiger partial charge in [0.15, 0.2) is 6.61 Å². The predicted molar refractivity (Wildman–Crippen MR) is 113 cm³/mol. The summed E-state index contributed by atoms with van der Waals surface area (Å²) in [5.41, 5.74) is 0.966. The zero-order chi connectivity index (χ0) is 20.5. The summed E-state index contributed by atoms with van der Waals surface area (Å²) in [6, 6.07) is 14.2. The van der Waals surface area contributed by atoms with E-state index in [0.29, 0.717) is 16.1 Å². The van der Waals surface area contributed by atoms with Gasteiger partial charge in [0.25, 0.3) is 5.91 Å². The van der Waals surface area contributed by atoms with E-state index in [1.807, 2.05) is 18.4 Å². The van der Waals surface area contributed by atoms with Crippen molar-refractivity contribution in [2.45, 2.75) is 9.79 Å². The fourth-order valence-electron chi connectivity index (χ4n) is 2.11. The molecule has 0 radical (unpaired) electrons. The number of anilines is 1. The SMILES string of the molecule is CSc1ccc(NC(=O)COC(=O)c2ccccc2SCC(=O)N(C)C)cc1. The van der Waals surface area contributed by atoms with Crippen molar-refractivity contribution in [3.8, 4) is 0 Å². The zero-order valence-corrected chi connectivity index (χ0v) is 17.6. The van der Waals surface area contributed by atoms with Crippen molar-refractivity contribution in [3.63, 3.8) is 0 Å². The topological polar surface area (TPSA) is 75.7 Å². The predicted octanol–water partition coefficient (Wildman–Crippen LogP) is 3.38. The molecule has 28 heavy (non-hydrogen) atoms. The molecule has 2 amide bonds. The van der Waals surface area contributed by atoms with Crippen LogP contribution in [0.25, 0.3) is 0 Å². The molecule has 0 spiro atoms. The lowest BCUT2D eigenvalue weighted by atomic mass is 10.2. The quantitative estimate of drug-likeness (QED) is 0.523. The van der Waals surface area contributed by atoms with Gasteiger partial charge in [-0.25, -0.2) is 4.79 Å². The van der Waals surface area contributed by atoms with Crippen LogP contribution in [0, 0.1) is 0 Å². The molecule has 0 aromatic heterocycles. The Morgan fingerprint density at radius 3 is 2.36 bits per heavy atom. The third-order valence-corrected chi connectivity index (χ3v) is 5.47. The first-order valence-electron chi connectivity index (χ1n) is 8.43. The molecule has 2 aromatic rings. The summed E-state index contributed by atoms with van der Waals surface area (Å²) in [5, 5.41) is 2.69. The first-order chi connectivity index (χ1) is 13.4. The summed E-state index contributed by atoms with van der Waals surface area (Å²) in [6.45, 7) is -0.390. The molecule has 148 valence electrons. The minimum Gasteiger partial charge on any atom is -0.452 e. The number of rotatable bonds is 8.